The minimum absolute atomic E-state index is 0.0730. The van der Waals surface area contributed by atoms with Crippen molar-refractivity contribution in [3.63, 3.8) is 0 Å². The summed E-state index contributed by atoms with van der Waals surface area (Å²) >= 11 is 1.14. The first-order valence-corrected chi connectivity index (χ1v) is 25.0. The lowest BCUT2D eigenvalue weighted by Crippen LogP contribution is -2.44. The number of H-pyrrole nitrogens is 1. The van der Waals surface area contributed by atoms with Crippen molar-refractivity contribution in [1.29, 1.82) is 0 Å². The third-order valence-corrected chi connectivity index (χ3v) is 14.1. The average molecular weight is 945 g/mol. The molecular formula is C48H53FN4O9S3. The Labute approximate surface area is 381 Å². The van der Waals surface area contributed by atoms with Gasteiger partial charge < -0.3 is 20.7 Å². The fourth-order valence-electron chi connectivity index (χ4n) is 7.97. The Hall–Kier alpha value is -5.53. The predicted octanol–water partition coefficient (Wildman–Crippen LogP) is 8.20. The molecule has 1 fully saturated rings. The van der Waals surface area contributed by atoms with E-state index < -0.39 is 20.2 Å². The largest absolute Gasteiger partial charge is 0.506 e. The Bertz CT molecular complexity index is 2900. The van der Waals surface area contributed by atoms with Crippen molar-refractivity contribution >= 4 is 69.2 Å². The highest BCUT2D eigenvalue weighted by atomic mass is 32.2. The van der Waals surface area contributed by atoms with Crippen molar-refractivity contribution in [2.24, 2.45) is 5.73 Å². The Morgan fingerprint density at radius 2 is 1.29 bits per heavy atom. The number of aromatic hydroxyl groups is 1. The third kappa shape index (κ3) is 14.5. The lowest BCUT2D eigenvalue weighted by molar-refractivity contribution is -0.118. The minimum atomic E-state index is -4.09. The van der Waals surface area contributed by atoms with Crippen molar-refractivity contribution in [3.8, 4) is 5.75 Å². The number of carbonyl (C=O) groups excluding carboxylic acids is 1. The van der Waals surface area contributed by atoms with E-state index >= 15 is 0 Å². The van der Waals surface area contributed by atoms with E-state index in [2.05, 4.69) is 14.8 Å². The van der Waals surface area contributed by atoms with Gasteiger partial charge in [-0.05, 0) is 101 Å². The zero-order chi connectivity index (χ0) is 46.6. The molecule has 6 N–H and O–H groups in total. The molecule has 0 spiro atoms. The molecule has 0 radical (unpaired) electrons. The maximum Gasteiger partial charge on any atom is 0.305 e. The summed E-state index contributed by atoms with van der Waals surface area (Å²) in [4.78, 5) is 30.7. The van der Waals surface area contributed by atoms with Gasteiger partial charge in [0.15, 0.2) is 0 Å². The van der Waals surface area contributed by atoms with Crippen molar-refractivity contribution in [2.45, 2.75) is 67.2 Å². The van der Waals surface area contributed by atoms with Crippen LogP contribution in [0.2, 0.25) is 0 Å². The molecular weight excluding hydrogens is 892 g/mol. The highest BCUT2D eigenvalue weighted by Gasteiger charge is 2.23. The van der Waals surface area contributed by atoms with Gasteiger partial charge in [-0.15, -0.1) is 0 Å². The Balaban J connectivity index is 0.000000202. The zero-order valence-electron chi connectivity index (χ0n) is 35.7. The molecule has 0 atom stereocenters. The molecule has 0 aliphatic heterocycles. The molecule has 65 heavy (non-hydrogen) atoms. The predicted molar refractivity (Wildman–Crippen MR) is 254 cm³/mol. The lowest BCUT2D eigenvalue weighted by Gasteiger charge is -2.36. The van der Waals surface area contributed by atoms with E-state index in [0.29, 0.717) is 30.9 Å². The molecule has 7 aromatic rings. The SMILES string of the molecule is NC(=O)CCN(CCc1cccc(F)c1)CCN(CCc1ccc(O)c2[nH]c(=O)sc12)C1CCCCC1.O=S(=O)(O)c1ccc2ccccc2c1.O=S(=O)(O)c1ccc2ccccc2c1. The molecule has 1 aromatic heterocycles. The summed E-state index contributed by atoms with van der Waals surface area (Å²) in [5.41, 5.74) is 7.97. The van der Waals surface area contributed by atoms with Crippen LogP contribution in [-0.2, 0) is 37.9 Å². The minimum Gasteiger partial charge on any atom is -0.506 e. The number of nitrogens with two attached hydrogens (primary N) is 1. The molecule has 6 aromatic carbocycles. The Morgan fingerprint density at radius 3 is 1.86 bits per heavy atom. The summed E-state index contributed by atoms with van der Waals surface area (Å²) in [6.07, 6.45) is 7.87. The van der Waals surface area contributed by atoms with Gasteiger partial charge in [-0.25, -0.2) is 4.39 Å². The summed E-state index contributed by atoms with van der Waals surface area (Å²) in [6.45, 7) is 3.81. The van der Waals surface area contributed by atoms with Gasteiger partial charge in [0.25, 0.3) is 20.2 Å². The molecule has 17 heteroatoms. The molecule has 0 bridgehead atoms. The first-order chi connectivity index (χ1) is 31.0. The van der Waals surface area contributed by atoms with Crippen LogP contribution in [0.25, 0.3) is 31.8 Å². The lowest BCUT2D eigenvalue weighted by atomic mass is 9.93. The van der Waals surface area contributed by atoms with Gasteiger partial charge in [0, 0.05) is 45.2 Å². The molecule has 1 aliphatic rings. The van der Waals surface area contributed by atoms with Crippen molar-refractivity contribution in [2.75, 3.05) is 32.7 Å². The number of benzene rings is 6. The van der Waals surface area contributed by atoms with Crippen LogP contribution < -0.4 is 10.6 Å². The first-order valence-electron chi connectivity index (χ1n) is 21.3. The number of nitrogens with zero attached hydrogens (tertiary/aromatic N) is 2. The summed E-state index contributed by atoms with van der Waals surface area (Å²) in [5, 5.41) is 13.6. The van der Waals surface area contributed by atoms with Gasteiger partial charge in [-0.2, -0.15) is 16.8 Å². The number of aromatic amines is 1. The number of fused-ring (bicyclic) bond motifs is 3. The smallest absolute Gasteiger partial charge is 0.305 e. The number of rotatable bonds is 15. The summed E-state index contributed by atoms with van der Waals surface area (Å²) < 4.78 is 75.4. The van der Waals surface area contributed by atoms with Crippen LogP contribution in [0, 0.1) is 5.82 Å². The number of phenolic OH excluding ortho intramolecular Hbond substituents is 1. The van der Waals surface area contributed by atoms with E-state index in [1.807, 2.05) is 48.5 Å². The maximum absolute atomic E-state index is 13.6. The number of aromatic nitrogens is 1. The molecule has 1 amide bonds. The number of primary amides is 1. The number of hydrogen-bond acceptors (Lipinski definition) is 10. The maximum atomic E-state index is 13.6. The second-order valence-electron chi connectivity index (χ2n) is 15.9. The van der Waals surface area contributed by atoms with E-state index in [4.69, 9.17) is 14.8 Å². The van der Waals surface area contributed by atoms with Crippen molar-refractivity contribution < 1.29 is 40.2 Å². The molecule has 0 unspecified atom stereocenters. The molecule has 0 saturated heterocycles. The molecule has 13 nitrogen and oxygen atoms in total. The van der Waals surface area contributed by atoms with E-state index in [1.165, 1.54) is 62.4 Å². The number of phenols is 1. The Kier molecular flexibility index (Phi) is 17.0. The standard InChI is InChI=1S/C28H37FN4O3S.2C10H8O3S/c29-22-6-4-5-20(19-22)11-14-32(15-13-25(30)35)17-18-33(23-7-2-1-3-8-23)16-12-21-9-10-24(34)26-27(21)37-28(36)31-26;2*11-14(12,13)10-6-5-8-3-1-2-4-9(8)7-10/h4-6,9-10,19,23,34H,1-3,7-8,11-18H2,(H2,30,35)(H,31,36);2*1-7H,(H,11,12,13). The third-order valence-electron chi connectivity index (χ3n) is 11.4. The van der Waals surface area contributed by atoms with Gasteiger partial charge in [0.2, 0.25) is 5.91 Å². The van der Waals surface area contributed by atoms with Crippen molar-refractivity contribution in [3.05, 3.63) is 148 Å². The van der Waals surface area contributed by atoms with Crippen LogP contribution in [0.15, 0.2) is 136 Å². The van der Waals surface area contributed by atoms with Crippen LogP contribution in [0.5, 0.6) is 5.75 Å². The van der Waals surface area contributed by atoms with E-state index in [1.54, 1.807) is 42.5 Å². The number of amides is 1. The fourth-order valence-corrected chi connectivity index (χ4v) is 9.90. The molecule has 1 heterocycles. The van der Waals surface area contributed by atoms with E-state index in [0.717, 1.165) is 81.3 Å². The summed E-state index contributed by atoms with van der Waals surface area (Å²) in [5.74, 6) is -0.452. The van der Waals surface area contributed by atoms with Crippen LogP contribution in [0.3, 0.4) is 0 Å². The number of hydrogen-bond donors (Lipinski definition) is 5. The Morgan fingerprint density at radius 1 is 0.692 bits per heavy atom. The topological polar surface area (TPSA) is 211 Å². The van der Waals surface area contributed by atoms with Crippen molar-refractivity contribution in [1.82, 2.24) is 14.8 Å². The van der Waals surface area contributed by atoms with Crippen LogP contribution in [-0.4, -0.2) is 90.5 Å². The second-order valence-corrected chi connectivity index (χ2v) is 19.8. The number of thiazole rings is 1. The summed E-state index contributed by atoms with van der Waals surface area (Å²) in [6, 6.07) is 34.5. The van der Waals surface area contributed by atoms with Gasteiger partial charge in [-0.1, -0.05) is 109 Å². The zero-order valence-corrected chi connectivity index (χ0v) is 38.1. The molecule has 1 saturated carbocycles. The number of carbonyl (C=O) groups is 1. The number of halogens is 1. The fraction of sp³-hybridized carbons (Fsp3) is 0.292. The average Bonchev–Trinajstić information content (AvgIpc) is 3.69. The van der Waals surface area contributed by atoms with E-state index in [-0.39, 0.29) is 32.1 Å². The van der Waals surface area contributed by atoms with Crippen LogP contribution in [0.4, 0.5) is 4.39 Å². The highest BCUT2D eigenvalue weighted by Crippen LogP contribution is 2.29. The van der Waals surface area contributed by atoms with Gasteiger partial charge in [0.1, 0.15) is 17.1 Å². The van der Waals surface area contributed by atoms with Crippen LogP contribution in [0.1, 0.15) is 49.7 Å². The van der Waals surface area contributed by atoms with Gasteiger partial charge in [0.05, 0.1) is 14.5 Å². The molecule has 8 rings (SSSR count). The molecule has 1 aliphatic carbocycles. The normalized spacial score (nSPS) is 13.4. The monoisotopic (exact) mass is 944 g/mol. The summed E-state index contributed by atoms with van der Waals surface area (Å²) in [7, 11) is -8.19. The highest BCUT2D eigenvalue weighted by molar-refractivity contribution is 7.86. The second kappa shape index (κ2) is 22.6. The van der Waals surface area contributed by atoms with Crippen LogP contribution >= 0.6 is 11.3 Å². The van der Waals surface area contributed by atoms with E-state index in [9.17, 15) is 35.9 Å². The first kappa shape index (κ1) is 48.9. The van der Waals surface area contributed by atoms with Gasteiger partial charge in [-0.3, -0.25) is 23.6 Å². The van der Waals surface area contributed by atoms with Gasteiger partial charge >= 0.3 is 4.87 Å². The molecule has 344 valence electrons. The quantitative estimate of drug-likeness (QED) is 0.0619. The number of nitrogens with one attached hydrogen (secondary N) is 1.